The van der Waals surface area contributed by atoms with Crippen LogP contribution in [0.3, 0.4) is 0 Å². The Balaban J connectivity index is 1.70. The molecule has 6 heteroatoms. The van der Waals surface area contributed by atoms with Gasteiger partial charge in [0, 0.05) is 26.3 Å². The van der Waals surface area contributed by atoms with Gasteiger partial charge in [-0.2, -0.15) is 5.10 Å². The van der Waals surface area contributed by atoms with Gasteiger partial charge in [0.05, 0.1) is 11.2 Å². The first-order valence-corrected chi connectivity index (χ1v) is 11.1. The van der Waals surface area contributed by atoms with Gasteiger partial charge < -0.3 is 9.64 Å². The van der Waals surface area contributed by atoms with Crippen LogP contribution in [0, 0.1) is 15.5 Å². The molecule has 4 nitrogen and oxygen atoms in total. The van der Waals surface area contributed by atoms with Gasteiger partial charge in [0.2, 0.25) is 0 Å². The van der Waals surface area contributed by atoms with E-state index in [1.165, 1.54) is 47.1 Å². The van der Waals surface area contributed by atoms with Crippen molar-refractivity contribution in [2.75, 3.05) is 37.5 Å². The maximum Gasteiger partial charge on any atom is 0.142 e. The molecule has 1 aliphatic heterocycles. The molecule has 1 saturated carbocycles. The molecule has 0 bridgehead atoms. The minimum Gasteiger partial charge on any atom is -0.381 e. The molecule has 0 aromatic carbocycles. The molecule has 0 amide bonds. The number of hydrogen-bond donors (Lipinski definition) is 0. The fraction of sp³-hybridized carbons (Fsp3) is 0.611. The molecular formula is C18H24IN3OS. The van der Waals surface area contributed by atoms with Crippen LogP contribution < -0.4 is 4.90 Å². The van der Waals surface area contributed by atoms with Crippen LogP contribution in [0.4, 0.5) is 5.69 Å². The number of anilines is 1. The third-order valence-electron chi connectivity index (χ3n) is 5.06. The summed E-state index contributed by atoms with van der Waals surface area (Å²) in [4.78, 5) is 2.64. The summed E-state index contributed by atoms with van der Waals surface area (Å²) >= 11 is 4.14. The number of rotatable bonds is 6. The van der Waals surface area contributed by atoms with Crippen molar-refractivity contribution < 1.29 is 4.74 Å². The van der Waals surface area contributed by atoms with Crippen LogP contribution in [0.1, 0.15) is 25.7 Å². The highest BCUT2D eigenvalue weighted by molar-refractivity contribution is 14.1. The minimum absolute atomic E-state index is 0.741. The van der Waals surface area contributed by atoms with Crippen molar-refractivity contribution >= 4 is 45.6 Å². The molecule has 4 rings (SSSR count). The van der Waals surface area contributed by atoms with Crippen molar-refractivity contribution in [1.82, 2.24) is 9.61 Å². The second-order valence-electron chi connectivity index (χ2n) is 6.91. The maximum atomic E-state index is 5.56. The summed E-state index contributed by atoms with van der Waals surface area (Å²) in [6, 6.07) is 6.49. The molecule has 0 radical (unpaired) electrons. The number of fused-ring (bicyclic) bond motifs is 1. The van der Waals surface area contributed by atoms with E-state index in [9.17, 15) is 0 Å². The van der Waals surface area contributed by atoms with Crippen LogP contribution in [0.25, 0.3) is 5.52 Å². The van der Waals surface area contributed by atoms with E-state index in [0.717, 1.165) is 36.6 Å². The summed E-state index contributed by atoms with van der Waals surface area (Å²) in [6.07, 6.45) is 7.28. The minimum atomic E-state index is 0.741. The predicted octanol–water partition coefficient (Wildman–Crippen LogP) is 4.30. The van der Waals surface area contributed by atoms with Crippen molar-refractivity contribution in [2.24, 2.45) is 11.8 Å². The molecule has 1 aliphatic carbocycles. The van der Waals surface area contributed by atoms with Crippen LogP contribution in [-0.4, -0.2) is 42.2 Å². The fourth-order valence-electron chi connectivity index (χ4n) is 3.55. The number of thioether (sulfide) groups is 1. The second-order valence-corrected chi connectivity index (χ2v) is 8.81. The highest BCUT2D eigenvalue weighted by Gasteiger charge is 2.29. The summed E-state index contributed by atoms with van der Waals surface area (Å²) in [5.74, 6) is 1.61. The zero-order chi connectivity index (χ0) is 16.5. The fourth-order valence-corrected chi connectivity index (χ4v) is 4.71. The molecule has 2 fully saturated rings. The first kappa shape index (κ1) is 17.0. The van der Waals surface area contributed by atoms with Crippen LogP contribution in [0.2, 0.25) is 0 Å². The molecule has 24 heavy (non-hydrogen) atoms. The van der Waals surface area contributed by atoms with E-state index in [1.54, 1.807) is 11.8 Å². The first-order valence-electron chi connectivity index (χ1n) is 8.80. The molecule has 2 aromatic heterocycles. The van der Waals surface area contributed by atoms with Gasteiger partial charge in [-0.15, -0.1) is 11.8 Å². The summed E-state index contributed by atoms with van der Waals surface area (Å²) in [5, 5.41) is 6.04. The average molecular weight is 457 g/mol. The van der Waals surface area contributed by atoms with E-state index < -0.39 is 0 Å². The topological polar surface area (TPSA) is 29.8 Å². The standard InChI is InChI=1S/C18H24IN3OS/c1-24-18-17(15-3-2-4-16(19)22(15)20-18)21(11-13-5-6-13)12-14-7-9-23-10-8-14/h2-4,13-14H,5-12H2,1H3. The third-order valence-corrected chi connectivity index (χ3v) is 6.54. The number of pyridine rings is 1. The normalized spacial score (nSPS) is 19.1. The number of nitrogens with zero attached hydrogens (tertiary/aromatic N) is 3. The van der Waals surface area contributed by atoms with Gasteiger partial charge in [0.25, 0.3) is 0 Å². The van der Waals surface area contributed by atoms with E-state index in [2.05, 4.69) is 56.5 Å². The lowest BCUT2D eigenvalue weighted by Gasteiger charge is -2.31. The summed E-state index contributed by atoms with van der Waals surface area (Å²) in [7, 11) is 0. The lowest BCUT2D eigenvalue weighted by atomic mass is 9.99. The van der Waals surface area contributed by atoms with E-state index in [0.29, 0.717) is 0 Å². The Morgan fingerprint density at radius 3 is 2.58 bits per heavy atom. The lowest BCUT2D eigenvalue weighted by molar-refractivity contribution is 0.0681. The Morgan fingerprint density at radius 1 is 1.21 bits per heavy atom. The van der Waals surface area contributed by atoms with Crippen molar-refractivity contribution in [3.8, 4) is 0 Å². The zero-order valence-corrected chi connectivity index (χ0v) is 17.1. The molecule has 3 heterocycles. The van der Waals surface area contributed by atoms with Gasteiger partial charge in [-0.05, 0) is 78.5 Å². The molecule has 0 unspecified atom stereocenters. The molecular weight excluding hydrogens is 433 g/mol. The molecule has 0 atom stereocenters. The first-order chi connectivity index (χ1) is 11.8. The van der Waals surface area contributed by atoms with Gasteiger partial charge in [-0.1, -0.05) is 6.07 Å². The molecule has 1 saturated heterocycles. The van der Waals surface area contributed by atoms with Crippen LogP contribution in [0.5, 0.6) is 0 Å². The van der Waals surface area contributed by atoms with Crippen LogP contribution >= 0.6 is 34.4 Å². The Hall–Kier alpha value is -0.470. The lowest BCUT2D eigenvalue weighted by Crippen LogP contribution is -2.34. The van der Waals surface area contributed by atoms with Gasteiger partial charge in [-0.3, -0.25) is 0 Å². The summed E-state index contributed by atoms with van der Waals surface area (Å²) in [6.45, 7) is 4.16. The van der Waals surface area contributed by atoms with Crippen molar-refractivity contribution in [3.63, 3.8) is 0 Å². The monoisotopic (exact) mass is 457 g/mol. The maximum absolute atomic E-state index is 5.56. The number of aromatic nitrogens is 2. The van der Waals surface area contributed by atoms with Gasteiger partial charge >= 0.3 is 0 Å². The zero-order valence-electron chi connectivity index (χ0n) is 14.1. The molecule has 2 aromatic rings. The van der Waals surface area contributed by atoms with E-state index >= 15 is 0 Å². The predicted molar refractivity (Wildman–Crippen MR) is 108 cm³/mol. The van der Waals surface area contributed by atoms with Gasteiger partial charge in [-0.25, -0.2) is 4.52 Å². The van der Waals surface area contributed by atoms with E-state index in [-0.39, 0.29) is 0 Å². The van der Waals surface area contributed by atoms with Crippen molar-refractivity contribution in [3.05, 3.63) is 21.9 Å². The number of halogens is 1. The Morgan fingerprint density at radius 2 is 1.92 bits per heavy atom. The van der Waals surface area contributed by atoms with E-state index in [4.69, 9.17) is 9.84 Å². The SMILES string of the molecule is CSc1nn2c(I)cccc2c1N(CC1CCOCC1)CC1CC1. The number of ether oxygens (including phenoxy) is 1. The third kappa shape index (κ3) is 3.55. The van der Waals surface area contributed by atoms with Crippen molar-refractivity contribution in [2.45, 2.75) is 30.7 Å². The summed E-state index contributed by atoms with van der Waals surface area (Å²) < 4.78 is 8.83. The summed E-state index contributed by atoms with van der Waals surface area (Å²) in [5.41, 5.74) is 2.60. The Bertz CT molecular complexity index is 710. The van der Waals surface area contributed by atoms with Gasteiger partial charge in [0.15, 0.2) is 0 Å². The quantitative estimate of drug-likeness (QED) is 0.368. The molecule has 130 valence electrons. The van der Waals surface area contributed by atoms with Crippen molar-refractivity contribution in [1.29, 1.82) is 0 Å². The molecule has 0 spiro atoms. The molecule has 0 N–H and O–H groups in total. The highest BCUT2D eigenvalue weighted by Crippen LogP contribution is 2.38. The largest absolute Gasteiger partial charge is 0.381 e. The van der Waals surface area contributed by atoms with E-state index in [1.807, 2.05) is 0 Å². The Labute approximate surface area is 161 Å². The number of hydrogen-bond acceptors (Lipinski definition) is 4. The average Bonchev–Trinajstić information content (AvgIpc) is 3.33. The smallest absolute Gasteiger partial charge is 0.142 e. The van der Waals surface area contributed by atoms with Crippen LogP contribution in [-0.2, 0) is 4.74 Å². The Kier molecular flexibility index (Phi) is 5.24. The van der Waals surface area contributed by atoms with Gasteiger partial charge in [0.1, 0.15) is 8.73 Å². The van der Waals surface area contributed by atoms with Crippen LogP contribution in [0.15, 0.2) is 23.2 Å². The highest BCUT2D eigenvalue weighted by atomic mass is 127. The second kappa shape index (κ2) is 7.41. The molecule has 2 aliphatic rings.